The molecule has 26 heavy (non-hydrogen) atoms. The fourth-order valence-corrected chi connectivity index (χ4v) is 4.83. The van der Waals surface area contributed by atoms with E-state index in [4.69, 9.17) is 16.6 Å². The first-order chi connectivity index (χ1) is 12.7. The van der Waals surface area contributed by atoms with Crippen molar-refractivity contribution < 1.29 is 0 Å². The lowest BCUT2D eigenvalue weighted by Gasteiger charge is -2.14. The number of rotatable bonds is 5. The lowest BCUT2D eigenvalue weighted by atomic mass is 9.97. The van der Waals surface area contributed by atoms with Gasteiger partial charge in [0, 0.05) is 23.0 Å². The summed E-state index contributed by atoms with van der Waals surface area (Å²) in [5, 5.41) is 4.83. The van der Waals surface area contributed by atoms with Crippen LogP contribution in [0.4, 0.5) is 5.95 Å². The van der Waals surface area contributed by atoms with E-state index >= 15 is 0 Å². The van der Waals surface area contributed by atoms with Crippen molar-refractivity contribution in [2.24, 2.45) is 0 Å². The second kappa shape index (κ2) is 7.25. The molecule has 1 N–H and O–H groups in total. The maximum absolute atomic E-state index is 13.2. The summed E-state index contributed by atoms with van der Waals surface area (Å²) < 4.78 is 1.69. The van der Waals surface area contributed by atoms with Crippen LogP contribution >= 0.6 is 22.9 Å². The van der Waals surface area contributed by atoms with Gasteiger partial charge >= 0.3 is 0 Å². The predicted molar refractivity (Wildman–Crippen MR) is 109 cm³/mol. The summed E-state index contributed by atoms with van der Waals surface area (Å²) in [7, 11) is 0. The SMILES string of the molecule is C=CCn1c(NCc2ccc(Cl)cc2)nc2sc3c(c2c1=O)CCCC3. The summed E-state index contributed by atoms with van der Waals surface area (Å²) in [6.45, 7) is 4.81. The number of benzene rings is 1. The van der Waals surface area contributed by atoms with Crippen LogP contribution in [0.15, 0.2) is 41.7 Å². The van der Waals surface area contributed by atoms with Crippen LogP contribution in [0.5, 0.6) is 0 Å². The molecule has 3 aromatic rings. The molecule has 0 bridgehead atoms. The van der Waals surface area contributed by atoms with Gasteiger partial charge in [0.2, 0.25) is 5.95 Å². The van der Waals surface area contributed by atoms with E-state index in [0.717, 1.165) is 35.0 Å². The van der Waals surface area contributed by atoms with Gasteiger partial charge in [-0.05, 0) is 48.9 Å². The highest BCUT2D eigenvalue weighted by molar-refractivity contribution is 7.18. The van der Waals surface area contributed by atoms with Crippen LogP contribution in [0.3, 0.4) is 0 Å². The smallest absolute Gasteiger partial charge is 0.264 e. The minimum atomic E-state index is 0.0351. The number of hydrogen-bond donors (Lipinski definition) is 1. The molecule has 1 aliphatic rings. The zero-order valence-electron chi connectivity index (χ0n) is 14.4. The Labute approximate surface area is 161 Å². The number of nitrogens with zero attached hydrogens (tertiary/aromatic N) is 2. The first kappa shape index (κ1) is 17.3. The molecule has 0 saturated carbocycles. The molecule has 1 aliphatic carbocycles. The van der Waals surface area contributed by atoms with Crippen molar-refractivity contribution in [1.82, 2.24) is 9.55 Å². The molecular weight excluding hydrogens is 366 g/mol. The van der Waals surface area contributed by atoms with Gasteiger partial charge < -0.3 is 5.32 Å². The lowest BCUT2D eigenvalue weighted by Crippen LogP contribution is -2.25. The van der Waals surface area contributed by atoms with E-state index in [-0.39, 0.29) is 5.56 Å². The van der Waals surface area contributed by atoms with E-state index in [2.05, 4.69) is 11.9 Å². The molecule has 0 unspecified atom stereocenters. The lowest BCUT2D eigenvalue weighted by molar-refractivity contribution is 0.698. The highest BCUT2D eigenvalue weighted by atomic mass is 35.5. The number of aryl methyl sites for hydroxylation is 2. The van der Waals surface area contributed by atoms with Crippen LogP contribution in [-0.4, -0.2) is 9.55 Å². The fourth-order valence-electron chi connectivity index (χ4n) is 3.46. The number of hydrogen-bond acceptors (Lipinski definition) is 4. The minimum absolute atomic E-state index is 0.0351. The van der Waals surface area contributed by atoms with Gasteiger partial charge in [-0.2, -0.15) is 0 Å². The van der Waals surface area contributed by atoms with Crippen LogP contribution in [0.2, 0.25) is 5.02 Å². The maximum atomic E-state index is 13.2. The van der Waals surface area contributed by atoms with Gasteiger partial charge in [0.25, 0.3) is 5.56 Å². The normalized spacial score (nSPS) is 13.6. The quantitative estimate of drug-likeness (QED) is 0.642. The Morgan fingerprint density at radius 1 is 1.27 bits per heavy atom. The highest BCUT2D eigenvalue weighted by Gasteiger charge is 2.21. The van der Waals surface area contributed by atoms with Crippen molar-refractivity contribution in [3.63, 3.8) is 0 Å². The number of allylic oxidation sites excluding steroid dienone is 1. The number of nitrogens with one attached hydrogen (secondary N) is 1. The highest BCUT2D eigenvalue weighted by Crippen LogP contribution is 2.34. The van der Waals surface area contributed by atoms with E-state index in [1.165, 1.54) is 16.9 Å². The number of aromatic nitrogens is 2. The van der Waals surface area contributed by atoms with Gasteiger partial charge in [-0.3, -0.25) is 9.36 Å². The third-order valence-electron chi connectivity index (χ3n) is 4.75. The summed E-state index contributed by atoms with van der Waals surface area (Å²) in [4.78, 5) is 20.1. The number of thiophene rings is 1. The van der Waals surface area contributed by atoms with Crippen molar-refractivity contribution in [1.29, 1.82) is 0 Å². The number of anilines is 1. The Hall–Kier alpha value is -2.11. The summed E-state index contributed by atoms with van der Waals surface area (Å²) in [5.41, 5.74) is 2.34. The van der Waals surface area contributed by atoms with Crippen molar-refractivity contribution in [3.05, 3.63) is 68.3 Å². The van der Waals surface area contributed by atoms with E-state index in [0.29, 0.717) is 24.1 Å². The average Bonchev–Trinajstić information content (AvgIpc) is 3.02. The van der Waals surface area contributed by atoms with Gasteiger partial charge in [-0.1, -0.05) is 29.8 Å². The molecular formula is C20H20ClN3OS. The van der Waals surface area contributed by atoms with Gasteiger partial charge in [0.05, 0.1) is 5.39 Å². The molecule has 4 nitrogen and oxygen atoms in total. The Bertz CT molecular complexity index is 1020. The summed E-state index contributed by atoms with van der Waals surface area (Å²) >= 11 is 7.61. The molecule has 134 valence electrons. The third kappa shape index (κ3) is 3.17. The number of halogens is 1. The van der Waals surface area contributed by atoms with E-state index in [9.17, 15) is 4.79 Å². The van der Waals surface area contributed by atoms with Crippen LogP contribution in [0.1, 0.15) is 28.8 Å². The fraction of sp³-hybridized carbons (Fsp3) is 0.300. The Kier molecular flexibility index (Phi) is 4.83. The molecule has 0 saturated heterocycles. The van der Waals surface area contributed by atoms with Gasteiger partial charge in [-0.15, -0.1) is 17.9 Å². The van der Waals surface area contributed by atoms with E-state index in [1.807, 2.05) is 24.3 Å². The zero-order chi connectivity index (χ0) is 18.1. The zero-order valence-corrected chi connectivity index (χ0v) is 16.0. The van der Waals surface area contributed by atoms with Crippen LogP contribution in [0.25, 0.3) is 10.2 Å². The van der Waals surface area contributed by atoms with Crippen molar-refractivity contribution in [3.8, 4) is 0 Å². The molecule has 0 radical (unpaired) electrons. The molecule has 2 heterocycles. The van der Waals surface area contributed by atoms with Gasteiger partial charge in [0.1, 0.15) is 4.83 Å². The van der Waals surface area contributed by atoms with Crippen LogP contribution in [0, 0.1) is 0 Å². The third-order valence-corrected chi connectivity index (χ3v) is 6.19. The molecule has 1 aromatic carbocycles. The first-order valence-corrected chi connectivity index (χ1v) is 10.0. The largest absolute Gasteiger partial charge is 0.351 e. The van der Waals surface area contributed by atoms with Crippen molar-refractivity contribution in [2.45, 2.75) is 38.8 Å². The van der Waals surface area contributed by atoms with Crippen molar-refractivity contribution >= 4 is 39.1 Å². The molecule has 6 heteroatoms. The van der Waals surface area contributed by atoms with Crippen LogP contribution < -0.4 is 10.9 Å². The molecule has 0 amide bonds. The average molecular weight is 386 g/mol. The van der Waals surface area contributed by atoms with E-state index in [1.54, 1.807) is 22.0 Å². The summed E-state index contributed by atoms with van der Waals surface area (Å²) in [6, 6.07) is 7.65. The molecule has 0 aliphatic heterocycles. The summed E-state index contributed by atoms with van der Waals surface area (Å²) in [5.74, 6) is 0.593. The number of fused-ring (bicyclic) bond motifs is 3. The molecule has 0 fully saturated rings. The maximum Gasteiger partial charge on any atom is 0.264 e. The summed E-state index contributed by atoms with van der Waals surface area (Å²) in [6.07, 6.45) is 6.13. The minimum Gasteiger partial charge on any atom is -0.351 e. The van der Waals surface area contributed by atoms with Crippen molar-refractivity contribution in [2.75, 3.05) is 5.32 Å². The Balaban J connectivity index is 1.75. The van der Waals surface area contributed by atoms with Gasteiger partial charge in [0.15, 0.2) is 0 Å². The first-order valence-electron chi connectivity index (χ1n) is 8.81. The topological polar surface area (TPSA) is 46.9 Å². The van der Waals surface area contributed by atoms with E-state index < -0.39 is 0 Å². The molecule has 0 atom stereocenters. The van der Waals surface area contributed by atoms with Gasteiger partial charge in [-0.25, -0.2) is 4.98 Å². The Morgan fingerprint density at radius 2 is 2.04 bits per heavy atom. The molecule has 0 spiro atoms. The monoisotopic (exact) mass is 385 g/mol. The standard InChI is InChI=1S/C20H20ClN3OS/c1-2-11-24-19(25)17-15-5-3-4-6-16(15)26-18(17)23-20(24)22-12-13-7-9-14(21)10-8-13/h2,7-10H,1,3-6,11-12H2,(H,22,23). The molecule has 4 rings (SSSR count). The molecule has 2 aromatic heterocycles. The Morgan fingerprint density at radius 3 is 2.81 bits per heavy atom. The predicted octanol–water partition coefficient (Wildman–Crippen LogP) is 4.79. The second-order valence-corrected chi connectivity index (χ2v) is 8.03. The van der Waals surface area contributed by atoms with Crippen LogP contribution in [-0.2, 0) is 25.9 Å². The second-order valence-electron chi connectivity index (χ2n) is 6.51.